The molecule has 0 aliphatic rings. The molecule has 0 aliphatic heterocycles. The highest BCUT2D eigenvalue weighted by Gasteiger charge is 2.26. The molecular weight excluding hydrogens is 419 g/mol. The Morgan fingerprint density at radius 2 is 1.39 bits per heavy atom. The number of hydrogen-bond acceptors (Lipinski definition) is 8. The monoisotopic (exact) mass is 434 g/mol. The smallest absolute Gasteiger partial charge is 0.397 e. The average molecular weight is 435 g/mol. The molecule has 152 valence electrons. The van der Waals surface area contributed by atoms with E-state index in [1.54, 1.807) is 0 Å². The van der Waals surface area contributed by atoms with Gasteiger partial charge in [0.1, 0.15) is 0 Å². The Hall–Kier alpha value is -2.85. The van der Waals surface area contributed by atoms with Crippen LogP contribution in [-0.4, -0.2) is 50.0 Å². The van der Waals surface area contributed by atoms with E-state index in [0.29, 0.717) is 0 Å². The molecule has 1 aromatic carbocycles. The molecule has 28 heavy (non-hydrogen) atoms. The van der Waals surface area contributed by atoms with Crippen molar-refractivity contribution in [3.05, 3.63) is 21.7 Å². The van der Waals surface area contributed by atoms with Crippen LogP contribution in [0.2, 0.25) is 10.0 Å². The Bertz CT molecular complexity index is 825. The van der Waals surface area contributed by atoms with Crippen LogP contribution < -0.4 is 10.6 Å². The first-order valence-corrected chi connectivity index (χ1v) is 8.49. The molecule has 0 bridgehead atoms. The van der Waals surface area contributed by atoms with Gasteiger partial charge >= 0.3 is 29.7 Å². The SMILES string of the molecule is CCOC(=O)C(=O)Nc1cc(C(=O)OC)c(Cl)c(NC(=O)C(=O)OCC)c1Cl. The second-order valence-corrected chi connectivity index (χ2v) is 5.57. The highest BCUT2D eigenvalue weighted by Crippen LogP contribution is 2.39. The number of ether oxygens (including phenoxy) is 3. The maximum atomic E-state index is 11.9. The molecule has 12 heteroatoms. The average Bonchev–Trinajstić information content (AvgIpc) is 2.66. The van der Waals surface area contributed by atoms with Crippen molar-refractivity contribution >= 4 is 64.3 Å². The molecule has 0 fully saturated rings. The maximum absolute atomic E-state index is 11.9. The fourth-order valence-electron chi connectivity index (χ4n) is 1.83. The van der Waals surface area contributed by atoms with Gasteiger partial charge < -0.3 is 24.8 Å². The first-order chi connectivity index (χ1) is 13.2. The van der Waals surface area contributed by atoms with Crippen LogP contribution in [0.1, 0.15) is 24.2 Å². The number of carbonyl (C=O) groups excluding carboxylic acids is 5. The second kappa shape index (κ2) is 10.5. The van der Waals surface area contributed by atoms with Crippen LogP contribution in [0, 0.1) is 0 Å². The molecule has 0 spiro atoms. The van der Waals surface area contributed by atoms with Gasteiger partial charge in [-0.15, -0.1) is 0 Å². The summed E-state index contributed by atoms with van der Waals surface area (Å²) < 4.78 is 13.7. The van der Waals surface area contributed by atoms with Crippen molar-refractivity contribution in [2.45, 2.75) is 13.8 Å². The molecule has 0 saturated heterocycles. The number of rotatable bonds is 5. The lowest BCUT2D eigenvalue weighted by molar-refractivity contribution is -0.152. The molecule has 2 amide bonds. The summed E-state index contributed by atoms with van der Waals surface area (Å²) in [6, 6.07) is 1.04. The largest absolute Gasteiger partial charge is 0.465 e. The molecular formula is C16H16Cl2N2O8. The van der Waals surface area contributed by atoms with Gasteiger partial charge in [0.15, 0.2) is 0 Å². The van der Waals surface area contributed by atoms with E-state index in [2.05, 4.69) is 24.8 Å². The topological polar surface area (TPSA) is 137 Å². The van der Waals surface area contributed by atoms with Crippen molar-refractivity contribution in [3.63, 3.8) is 0 Å². The normalized spacial score (nSPS) is 9.89. The first kappa shape index (κ1) is 23.2. The predicted octanol–water partition coefficient (Wildman–Crippen LogP) is 1.78. The predicted molar refractivity (Wildman–Crippen MR) is 98.3 cm³/mol. The van der Waals surface area contributed by atoms with Gasteiger partial charge in [-0.2, -0.15) is 0 Å². The zero-order valence-electron chi connectivity index (χ0n) is 15.0. The molecule has 0 aliphatic carbocycles. The quantitative estimate of drug-likeness (QED) is 0.406. The van der Waals surface area contributed by atoms with Gasteiger partial charge in [0, 0.05) is 0 Å². The van der Waals surface area contributed by atoms with Gasteiger partial charge in [0.25, 0.3) is 0 Å². The molecule has 10 nitrogen and oxygen atoms in total. The number of esters is 3. The lowest BCUT2D eigenvalue weighted by atomic mass is 10.1. The van der Waals surface area contributed by atoms with Crippen LogP contribution >= 0.6 is 23.2 Å². The molecule has 1 aromatic rings. The van der Waals surface area contributed by atoms with Crippen LogP contribution in [0.25, 0.3) is 0 Å². The summed E-state index contributed by atoms with van der Waals surface area (Å²) in [6.45, 7) is 2.89. The number of anilines is 2. The number of hydrogen-bond donors (Lipinski definition) is 2. The van der Waals surface area contributed by atoms with Crippen LogP contribution in [0.3, 0.4) is 0 Å². The Labute approximate surface area is 169 Å². The van der Waals surface area contributed by atoms with Crippen LogP contribution in [0.5, 0.6) is 0 Å². The van der Waals surface area contributed by atoms with Crippen LogP contribution in [0.15, 0.2) is 6.07 Å². The van der Waals surface area contributed by atoms with E-state index >= 15 is 0 Å². The summed E-state index contributed by atoms with van der Waals surface area (Å²) in [7, 11) is 1.07. The van der Waals surface area contributed by atoms with E-state index < -0.39 is 29.7 Å². The lowest BCUT2D eigenvalue weighted by Crippen LogP contribution is -2.27. The van der Waals surface area contributed by atoms with Crippen LogP contribution in [-0.2, 0) is 33.4 Å². The van der Waals surface area contributed by atoms with Gasteiger partial charge in [-0.3, -0.25) is 9.59 Å². The van der Waals surface area contributed by atoms with Crippen molar-refractivity contribution in [2.75, 3.05) is 31.0 Å². The third-order valence-electron chi connectivity index (χ3n) is 3.01. The zero-order valence-corrected chi connectivity index (χ0v) is 16.5. The van der Waals surface area contributed by atoms with E-state index in [1.807, 2.05) is 0 Å². The maximum Gasteiger partial charge on any atom is 0.397 e. The fourth-order valence-corrected chi connectivity index (χ4v) is 2.39. The Kier molecular flexibility index (Phi) is 8.68. The third-order valence-corrected chi connectivity index (χ3v) is 3.80. The number of carbonyl (C=O) groups is 5. The van der Waals surface area contributed by atoms with E-state index in [-0.39, 0.29) is 40.2 Å². The van der Waals surface area contributed by atoms with Crippen molar-refractivity contribution < 1.29 is 38.2 Å². The van der Waals surface area contributed by atoms with Crippen molar-refractivity contribution in [1.82, 2.24) is 0 Å². The molecule has 2 N–H and O–H groups in total. The summed E-state index contributed by atoms with van der Waals surface area (Å²) in [6.07, 6.45) is 0. The highest BCUT2D eigenvalue weighted by atomic mass is 35.5. The standard InChI is InChI=1S/C16H16Cl2N2O8/c1-4-27-15(24)12(21)19-8-6-7(14(23)26-3)9(17)11(10(8)18)20-13(22)16(25)28-5-2/h6H,4-5H2,1-3H3,(H,19,21)(H,20,22). The van der Waals surface area contributed by atoms with Gasteiger partial charge in [0.2, 0.25) is 0 Å². The lowest BCUT2D eigenvalue weighted by Gasteiger charge is -2.16. The Balaban J connectivity index is 3.39. The summed E-state index contributed by atoms with van der Waals surface area (Å²) in [5.74, 6) is -5.78. The van der Waals surface area contributed by atoms with E-state index in [1.165, 1.54) is 13.8 Å². The van der Waals surface area contributed by atoms with E-state index in [4.69, 9.17) is 23.2 Å². The number of benzene rings is 1. The van der Waals surface area contributed by atoms with Gasteiger partial charge in [0.05, 0.1) is 47.3 Å². The third kappa shape index (κ3) is 5.57. The van der Waals surface area contributed by atoms with Crippen molar-refractivity contribution in [1.29, 1.82) is 0 Å². The molecule has 0 heterocycles. The highest BCUT2D eigenvalue weighted by molar-refractivity contribution is 6.47. The number of halogens is 2. The van der Waals surface area contributed by atoms with Crippen LogP contribution in [0.4, 0.5) is 11.4 Å². The number of methoxy groups -OCH3 is 1. The van der Waals surface area contributed by atoms with Crippen molar-refractivity contribution in [2.24, 2.45) is 0 Å². The minimum atomic E-state index is -1.23. The summed E-state index contributed by atoms with van der Waals surface area (Å²) >= 11 is 12.2. The molecule has 0 radical (unpaired) electrons. The Morgan fingerprint density at radius 1 is 0.893 bits per heavy atom. The second-order valence-electron chi connectivity index (χ2n) is 4.82. The molecule has 0 aromatic heterocycles. The summed E-state index contributed by atoms with van der Waals surface area (Å²) in [5.41, 5.74) is -0.931. The Morgan fingerprint density at radius 3 is 1.86 bits per heavy atom. The van der Waals surface area contributed by atoms with Gasteiger partial charge in [-0.1, -0.05) is 23.2 Å². The minimum Gasteiger partial charge on any atom is -0.465 e. The van der Waals surface area contributed by atoms with Crippen molar-refractivity contribution in [3.8, 4) is 0 Å². The zero-order chi connectivity index (χ0) is 21.4. The van der Waals surface area contributed by atoms with Gasteiger partial charge in [-0.05, 0) is 19.9 Å². The van der Waals surface area contributed by atoms with Gasteiger partial charge in [-0.25, -0.2) is 14.4 Å². The molecule has 0 saturated carbocycles. The van der Waals surface area contributed by atoms with E-state index in [9.17, 15) is 24.0 Å². The number of amides is 2. The fraction of sp³-hybridized carbons (Fsp3) is 0.312. The molecule has 0 atom stereocenters. The molecule has 0 unspecified atom stereocenters. The minimum absolute atomic E-state index is 0.0468. The summed E-state index contributed by atoms with van der Waals surface area (Å²) in [4.78, 5) is 58.7. The molecule has 1 rings (SSSR count). The summed E-state index contributed by atoms with van der Waals surface area (Å²) in [5, 5.41) is 3.52. The number of nitrogens with one attached hydrogen (secondary N) is 2. The van der Waals surface area contributed by atoms with E-state index in [0.717, 1.165) is 13.2 Å². The first-order valence-electron chi connectivity index (χ1n) is 7.74.